The zero-order chi connectivity index (χ0) is 30.9. The van der Waals surface area contributed by atoms with E-state index in [-0.39, 0.29) is 24.4 Å². The van der Waals surface area contributed by atoms with Crippen molar-refractivity contribution in [1.29, 1.82) is 0 Å². The molecule has 1 aromatic heterocycles. The molecular weight excluding hydrogens is 569 g/mol. The smallest absolute Gasteiger partial charge is 0.247 e. The van der Waals surface area contributed by atoms with Crippen LogP contribution in [0, 0.1) is 5.82 Å². The Balaban J connectivity index is 1.39. The minimum atomic E-state index is -0.942. The highest BCUT2D eigenvalue weighted by Gasteiger charge is 2.33. The summed E-state index contributed by atoms with van der Waals surface area (Å²) in [4.78, 5) is 32.9. The zero-order valence-corrected chi connectivity index (χ0v) is 25.3. The van der Waals surface area contributed by atoms with Crippen LogP contribution < -0.4 is 14.8 Å². The molecule has 2 heterocycles. The van der Waals surface area contributed by atoms with E-state index in [4.69, 9.17) is 14.2 Å². The number of nitrogens with zero attached hydrogens (tertiary/aromatic N) is 6. The van der Waals surface area contributed by atoms with Crippen molar-refractivity contribution < 1.29 is 28.2 Å². The Bertz CT molecular complexity index is 1390. The van der Waals surface area contributed by atoms with Crippen molar-refractivity contribution in [3.63, 3.8) is 0 Å². The normalized spacial score (nSPS) is 16.4. The van der Waals surface area contributed by atoms with Gasteiger partial charge in [0.2, 0.25) is 17.6 Å². The predicted octanol–water partition coefficient (Wildman–Crippen LogP) is 2.85. The van der Waals surface area contributed by atoms with Crippen LogP contribution in [-0.4, -0.2) is 101 Å². The third-order valence-electron chi connectivity index (χ3n) is 8.12. The standard InChI is InChI=1S/C31H40FN7O5/c1-42-26-13-10-23(20-27(26)43-2)30-34-36-39(35-30)21-28(40)38(15-5-14-37-16-18-44-19-17-37)29(22-8-11-24(32)12-9-22)31(41)33-25-6-3-4-7-25/h8-13,20,25,29H,3-7,14-19,21H2,1-2H3,(H,33,41)/t29-/m0/s1. The lowest BCUT2D eigenvalue weighted by Crippen LogP contribution is -2.48. The van der Waals surface area contributed by atoms with E-state index in [1.165, 1.54) is 16.9 Å². The van der Waals surface area contributed by atoms with Gasteiger partial charge in [-0.3, -0.25) is 14.5 Å². The molecule has 1 saturated heterocycles. The van der Waals surface area contributed by atoms with Gasteiger partial charge in [-0.1, -0.05) is 25.0 Å². The van der Waals surface area contributed by atoms with E-state index < -0.39 is 11.9 Å². The minimum absolute atomic E-state index is 0.0526. The maximum atomic E-state index is 14.0. The number of morpholine rings is 1. The molecule has 5 rings (SSSR count). The lowest BCUT2D eigenvalue weighted by Gasteiger charge is -2.33. The lowest BCUT2D eigenvalue weighted by molar-refractivity contribution is -0.142. The first-order chi connectivity index (χ1) is 21.4. The molecule has 0 unspecified atom stereocenters. The number of rotatable bonds is 13. The van der Waals surface area contributed by atoms with Crippen LogP contribution in [0.4, 0.5) is 4.39 Å². The van der Waals surface area contributed by atoms with Gasteiger partial charge in [0, 0.05) is 37.8 Å². The summed E-state index contributed by atoms with van der Waals surface area (Å²) in [5.41, 5.74) is 1.18. The molecule has 0 radical (unpaired) electrons. The summed E-state index contributed by atoms with van der Waals surface area (Å²) in [5, 5.41) is 15.9. The van der Waals surface area contributed by atoms with Gasteiger partial charge in [0.15, 0.2) is 11.5 Å². The van der Waals surface area contributed by atoms with Gasteiger partial charge >= 0.3 is 0 Å². The Morgan fingerprint density at radius 1 is 1.07 bits per heavy atom. The van der Waals surface area contributed by atoms with Gasteiger partial charge in [0.05, 0.1) is 27.4 Å². The fraction of sp³-hybridized carbons (Fsp3) is 0.516. The number of carbonyl (C=O) groups excluding carboxylic acids is 2. The van der Waals surface area contributed by atoms with E-state index in [2.05, 4.69) is 25.6 Å². The Labute approximate surface area is 256 Å². The number of aromatic nitrogens is 4. The molecule has 1 atom stereocenters. The van der Waals surface area contributed by atoms with Gasteiger partial charge in [-0.25, -0.2) is 4.39 Å². The largest absolute Gasteiger partial charge is 0.493 e. The molecule has 236 valence electrons. The van der Waals surface area contributed by atoms with Gasteiger partial charge in [-0.15, -0.1) is 10.2 Å². The summed E-state index contributed by atoms with van der Waals surface area (Å²) in [5.74, 6) is 0.351. The Morgan fingerprint density at radius 3 is 2.50 bits per heavy atom. The summed E-state index contributed by atoms with van der Waals surface area (Å²) in [6, 6.07) is 10.1. The van der Waals surface area contributed by atoms with Gasteiger partial charge in [0.25, 0.3) is 0 Å². The molecule has 1 aliphatic heterocycles. The lowest BCUT2D eigenvalue weighted by atomic mass is 10.0. The first kappa shape index (κ1) is 31.3. The van der Waals surface area contributed by atoms with Crippen LogP contribution in [0.3, 0.4) is 0 Å². The van der Waals surface area contributed by atoms with E-state index >= 15 is 0 Å². The van der Waals surface area contributed by atoms with Crippen LogP contribution in [0.25, 0.3) is 11.4 Å². The highest BCUT2D eigenvalue weighted by atomic mass is 19.1. The molecular formula is C31H40FN7O5. The summed E-state index contributed by atoms with van der Waals surface area (Å²) in [6.07, 6.45) is 4.54. The topological polar surface area (TPSA) is 124 Å². The molecule has 0 bridgehead atoms. The summed E-state index contributed by atoms with van der Waals surface area (Å²) >= 11 is 0. The number of halogens is 1. The molecule has 44 heavy (non-hydrogen) atoms. The molecule has 12 nitrogen and oxygen atoms in total. The third-order valence-corrected chi connectivity index (χ3v) is 8.12. The average molecular weight is 610 g/mol. The quantitative estimate of drug-likeness (QED) is 0.312. The molecule has 13 heteroatoms. The number of ether oxygens (including phenoxy) is 3. The minimum Gasteiger partial charge on any atom is -0.493 e. The van der Waals surface area contributed by atoms with Gasteiger partial charge in [-0.2, -0.15) is 4.80 Å². The number of benzene rings is 2. The molecule has 2 aliphatic rings. The second-order valence-electron chi connectivity index (χ2n) is 11.1. The van der Waals surface area contributed by atoms with E-state index in [9.17, 15) is 14.0 Å². The second-order valence-corrected chi connectivity index (χ2v) is 11.1. The fourth-order valence-electron chi connectivity index (χ4n) is 5.77. The van der Waals surface area contributed by atoms with Crippen molar-refractivity contribution in [1.82, 2.24) is 35.3 Å². The number of nitrogens with one attached hydrogen (secondary N) is 1. The van der Waals surface area contributed by atoms with Crippen molar-refractivity contribution >= 4 is 11.8 Å². The number of tetrazole rings is 1. The zero-order valence-electron chi connectivity index (χ0n) is 25.3. The van der Waals surface area contributed by atoms with Crippen LogP contribution in [-0.2, 0) is 20.9 Å². The monoisotopic (exact) mass is 609 g/mol. The van der Waals surface area contributed by atoms with E-state index in [0.29, 0.717) is 54.6 Å². The molecule has 2 amide bonds. The Morgan fingerprint density at radius 2 is 1.80 bits per heavy atom. The number of amides is 2. The number of hydrogen-bond acceptors (Lipinski definition) is 9. The van der Waals surface area contributed by atoms with Crippen LogP contribution in [0.2, 0.25) is 0 Å². The highest BCUT2D eigenvalue weighted by Crippen LogP contribution is 2.31. The van der Waals surface area contributed by atoms with E-state index in [1.54, 1.807) is 49.5 Å². The number of carbonyl (C=O) groups is 2. The third kappa shape index (κ3) is 7.88. The van der Waals surface area contributed by atoms with Gasteiger partial charge < -0.3 is 24.4 Å². The molecule has 2 fully saturated rings. The number of hydrogen-bond donors (Lipinski definition) is 1. The van der Waals surface area contributed by atoms with Crippen LogP contribution in [0.1, 0.15) is 43.7 Å². The molecule has 0 spiro atoms. The Hall–Kier alpha value is -4.10. The van der Waals surface area contributed by atoms with Gasteiger partial charge in [-0.05, 0) is 60.4 Å². The van der Waals surface area contributed by atoms with Crippen molar-refractivity contribution in [2.75, 3.05) is 53.6 Å². The molecule has 3 aromatic rings. The molecule has 1 aliphatic carbocycles. The first-order valence-electron chi connectivity index (χ1n) is 15.1. The predicted molar refractivity (Wildman–Crippen MR) is 159 cm³/mol. The summed E-state index contributed by atoms with van der Waals surface area (Å²) in [6.45, 7) is 3.81. The van der Waals surface area contributed by atoms with Crippen molar-refractivity contribution in [3.8, 4) is 22.9 Å². The second kappa shape index (κ2) is 15.1. The van der Waals surface area contributed by atoms with Gasteiger partial charge in [0.1, 0.15) is 18.4 Å². The fourth-order valence-corrected chi connectivity index (χ4v) is 5.77. The average Bonchev–Trinajstić information content (AvgIpc) is 3.74. The Kier molecular flexibility index (Phi) is 10.7. The van der Waals surface area contributed by atoms with E-state index in [1.807, 2.05) is 0 Å². The van der Waals surface area contributed by atoms with Crippen molar-refractivity contribution in [2.45, 2.75) is 50.7 Å². The summed E-state index contributed by atoms with van der Waals surface area (Å²) in [7, 11) is 3.09. The van der Waals surface area contributed by atoms with Crippen LogP contribution in [0.15, 0.2) is 42.5 Å². The maximum Gasteiger partial charge on any atom is 0.247 e. The number of methoxy groups -OCH3 is 2. The maximum absolute atomic E-state index is 14.0. The van der Waals surface area contributed by atoms with Crippen LogP contribution >= 0.6 is 0 Å². The highest BCUT2D eigenvalue weighted by molar-refractivity contribution is 5.89. The van der Waals surface area contributed by atoms with Crippen molar-refractivity contribution in [3.05, 3.63) is 53.8 Å². The molecule has 1 saturated carbocycles. The van der Waals surface area contributed by atoms with Crippen molar-refractivity contribution in [2.24, 2.45) is 0 Å². The van der Waals surface area contributed by atoms with E-state index in [0.717, 1.165) is 45.3 Å². The van der Waals surface area contributed by atoms with Crippen LogP contribution in [0.5, 0.6) is 11.5 Å². The molecule has 2 aromatic carbocycles. The SMILES string of the molecule is COc1ccc(-c2nnn(CC(=O)N(CCCN3CCOCC3)[C@H](C(=O)NC3CCCC3)c3ccc(F)cc3)n2)cc1OC. The molecule has 1 N–H and O–H groups in total. The summed E-state index contributed by atoms with van der Waals surface area (Å²) < 4.78 is 30.1. The first-order valence-corrected chi connectivity index (χ1v) is 15.1.